The average molecular weight is 694 g/mol. The summed E-state index contributed by atoms with van der Waals surface area (Å²) >= 11 is 0. The lowest BCUT2D eigenvalue weighted by atomic mass is 9.99. The minimum Gasteiger partial charge on any atom is -0.333 e. The number of carbonyl (C=O) groups excluding carboxylic acids is 2. The van der Waals surface area contributed by atoms with Crippen LogP contribution in [0.25, 0.3) is 0 Å². The van der Waals surface area contributed by atoms with Gasteiger partial charge in [0.1, 0.15) is 5.69 Å². The zero-order chi connectivity index (χ0) is 36.7. The fraction of sp³-hybridized carbons (Fsp3) is 0.340. The summed E-state index contributed by atoms with van der Waals surface area (Å²) in [4.78, 5) is 37.7. The number of nitrogens with zero attached hydrogens (tertiary/aromatic N) is 3. The Hall–Kier alpha value is -5.03. The summed E-state index contributed by atoms with van der Waals surface area (Å²) in [7, 11) is 0. The number of hydrogen-bond acceptors (Lipinski definition) is 3. The van der Waals surface area contributed by atoms with Gasteiger partial charge in [0.15, 0.2) is 0 Å². The van der Waals surface area contributed by atoms with E-state index in [1.54, 1.807) is 18.3 Å². The van der Waals surface area contributed by atoms with E-state index < -0.39 is 0 Å². The van der Waals surface area contributed by atoms with E-state index in [1.165, 1.54) is 22.3 Å². The summed E-state index contributed by atoms with van der Waals surface area (Å²) in [6.45, 7) is 8.58. The van der Waals surface area contributed by atoms with Crippen molar-refractivity contribution in [2.45, 2.75) is 103 Å². The molecule has 0 fully saturated rings. The van der Waals surface area contributed by atoms with E-state index in [9.17, 15) is 9.59 Å². The van der Waals surface area contributed by atoms with Crippen LogP contribution in [0, 0.1) is 0 Å². The highest BCUT2D eigenvalue weighted by Crippen LogP contribution is 2.23. The molecule has 270 valence electrons. The number of pyridine rings is 1. The standard InChI is InChI=1S/C47H55N3O2/c1-36(25-29-40-17-9-5-10-18-40)49(37(2)26-30-41-19-11-6-12-20-41)46(51)44-33-34-48-45(35-44)47(52)50(38(3)27-31-42-21-13-7-14-22-42)39(4)28-32-43-23-15-8-16-24-43/h5-24,33-39H,25-32H2,1-4H3. The van der Waals surface area contributed by atoms with Crippen LogP contribution in [0.3, 0.4) is 0 Å². The van der Waals surface area contributed by atoms with Crippen LogP contribution in [0.1, 0.15) is 96.5 Å². The van der Waals surface area contributed by atoms with Crippen molar-refractivity contribution >= 4 is 11.8 Å². The van der Waals surface area contributed by atoms with Crippen LogP contribution in [0.4, 0.5) is 0 Å². The average Bonchev–Trinajstić information content (AvgIpc) is 3.19. The molecule has 4 atom stereocenters. The van der Waals surface area contributed by atoms with Crippen LogP contribution >= 0.6 is 0 Å². The summed E-state index contributed by atoms with van der Waals surface area (Å²) in [5.41, 5.74) is 5.86. The molecule has 5 aromatic rings. The highest BCUT2D eigenvalue weighted by molar-refractivity contribution is 5.99. The number of aromatic nitrogens is 1. The van der Waals surface area contributed by atoms with Gasteiger partial charge in [-0.05, 0) is 113 Å². The first-order valence-electron chi connectivity index (χ1n) is 19.1. The van der Waals surface area contributed by atoms with E-state index >= 15 is 0 Å². The lowest BCUT2D eigenvalue weighted by molar-refractivity contribution is 0.0581. The van der Waals surface area contributed by atoms with Gasteiger partial charge in [0.25, 0.3) is 11.8 Å². The fourth-order valence-electron chi connectivity index (χ4n) is 7.27. The molecule has 5 nitrogen and oxygen atoms in total. The highest BCUT2D eigenvalue weighted by Gasteiger charge is 2.30. The second kappa shape index (κ2) is 19.5. The van der Waals surface area contributed by atoms with Crippen LogP contribution in [-0.2, 0) is 25.7 Å². The third kappa shape index (κ3) is 11.0. The second-order valence-electron chi connectivity index (χ2n) is 14.3. The predicted molar refractivity (Wildman–Crippen MR) is 213 cm³/mol. The maximum absolute atomic E-state index is 14.6. The van der Waals surface area contributed by atoms with Crippen molar-refractivity contribution < 1.29 is 9.59 Å². The van der Waals surface area contributed by atoms with Crippen LogP contribution in [0.5, 0.6) is 0 Å². The molecule has 0 saturated heterocycles. The third-order valence-electron chi connectivity index (χ3n) is 10.4. The largest absolute Gasteiger partial charge is 0.333 e. The zero-order valence-corrected chi connectivity index (χ0v) is 31.4. The summed E-state index contributed by atoms with van der Waals surface area (Å²) in [6, 6.07) is 45.2. The Morgan fingerprint density at radius 3 is 1.10 bits per heavy atom. The van der Waals surface area contributed by atoms with E-state index in [0.29, 0.717) is 11.3 Å². The maximum atomic E-state index is 14.6. The van der Waals surface area contributed by atoms with Crippen molar-refractivity contribution in [3.05, 3.63) is 173 Å². The normalized spacial score (nSPS) is 13.5. The Labute approximate surface area is 311 Å². The molecular weight excluding hydrogens is 639 g/mol. The molecule has 4 aromatic carbocycles. The quantitative estimate of drug-likeness (QED) is 0.0918. The van der Waals surface area contributed by atoms with Gasteiger partial charge in [-0.2, -0.15) is 0 Å². The molecule has 0 aliphatic heterocycles. The maximum Gasteiger partial charge on any atom is 0.272 e. The lowest BCUT2D eigenvalue weighted by Crippen LogP contribution is -2.46. The van der Waals surface area contributed by atoms with Gasteiger partial charge in [0.2, 0.25) is 0 Å². The molecule has 1 heterocycles. The molecule has 0 spiro atoms. The van der Waals surface area contributed by atoms with Crippen LogP contribution < -0.4 is 0 Å². The molecule has 5 rings (SSSR count). The molecule has 52 heavy (non-hydrogen) atoms. The molecule has 0 aliphatic rings. The van der Waals surface area contributed by atoms with E-state index in [4.69, 9.17) is 0 Å². The number of aryl methyl sites for hydroxylation is 4. The number of hydrogen-bond donors (Lipinski definition) is 0. The van der Waals surface area contributed by atoms with Gasteiger partial charge in [-0.15, -0.1) is 0 Å². The van der Waals surface area contributed by atoms with Crippen molar-refractivity contribution in [3.8, 4) is 0 Å². The minimum atomic E-state index is -0.128. The fourth-order valence-corrected chi connectivity index (χ4v) is 7.27. The summed E-state index contributed by atoms with van der Waals surface area (Å²) in [6.07, 6.45) is 8.48. The van der Waals surface area contributed by atoms with Gasteiger partial charge < -0.3 is 9.80 Å². The van der Waals surface area contributed by atoms with Gasteiger partial charge in [-0.25, -0.2) is 0 Å². The van der Waals surface area contributed by atoms with Gasteiger partial charge in [-0.1, -0.05) is 121 Å². The molecule has 1 aromatic heterocycles. The van der Waals surface area contributed by atoms with Gasteiger partial charge in [0.05, 0.1) is 0 Å². The van der Waals surface area contributed by atoms with Crippen molar-refractivity contribution in [3.63, 3.8) is 0 Å². The third-order valence-corrected chi connectivity index (χ3v) is 10.4. The first-order valence-corrected chi connectivity index (χ1v) is 19.1. The lowest BCUT2D eigenvalue weighted by Gasteiger charge is -2.36. The summed E-state index contributed by atoms with van der Waals surface area (Å²) < 4.78 is 0. The molecule has 0 aliphatic carbocycles. The number of rotatable bonds is 18. The first-order chi connectivity index (χ1) is 25.3. The summed E-state index contributed by atoms with van der Waals surface area (Å²) in [5.74, 6) is -0.185. The van der Waals surface area contributed by atoms with Crippen molar-refractivity contribution in [1.82, 2.24) is 14.8 Å². The molecule has 0 bridgehead atoms. The minimum absolute atomic E-state index is 0.00156. The van der Waals surface area contributed by atoms with Crippen molar-refractivity contribution in [2.75, 3.05) is 0 Å². The Kier molecular flexibility index (Phi) is 14.4. The SMILES string of the molecule is CC(CCc1ccccc1)N(C(=O)c1ccnc(C(=O)N(C(C)CCc2ccccc2)C(C)CCc2ccccc2)c1)C(C)CCc1ccccc1. The van der Waals surface area contributed by atoms with E-state index in [0.717, 1.165) is 51.4 Å². The highest BCUT2D eigenvalue weighted by atomic mass is 16.2. The molecule has 5 heteroatoms. The molecule has 4 unspecified atom stereocenters. The van der Waals surface area contributed by atoms with Crippen molar-refractivity contribution in [1.29, 1.82) is 0 Å². The van der Waals surface area contributed by atoms with Gasteiger partial charge in [0, 0.05) is 35.9 Å². The number of amides is 2. The van der Waals surface area contributed by atoms with Crippen LogP contribution in [0.15, 0.2) is 140 Å². The Morgan fingerprint density at radius 2 is 0.769 bits per heavy atom. The predicted octanol–water partition coefficient (Wildman–Crippen LogP) is 10.1. The molecule has 0 saturated carbocycles. The monoisotopic (exact) mass is 693 g/mol. The van der Waals surface area contributed by atoms with Crippen molar-refractivity contribution in [2.24, 2.45) is 0 Å². The van der Waals surface area contributed by atoms with Crippen LogP contribution in [0.2, 0.25) is 0 Å². The van der Waals surface area contributed by atoms with Gasteiger partial charge in [-0.3, -0.25) is 14.6 Å². The second-order valence-corrected chi connectivity index (χ2v) is 14.3. The Balaban J connectivity index is 1.37. The molecule has 2 amide bonds. The van der Waals surface area contributed by atoms with E-state index in [-0.39, 0.29) is 36.0 Å². The first kappa shape index (κ1) is 38.2. The smallest absolute Gasteiger partial charge is 0.272 e. The van der Waals surface area contributed by atoms with E-state index in [1.807, 2.05) is 34.1 Å². The number of benzene rings is 4. The van der Waals surface area contributed by atoms with Gasteiger partial charge >= 0.3 is 0 Å². The number of carbonyl (C=O) groups is 2. The van der Waals surface area contributed by atoms with Crippen LogP contribution in [-0.4, -0.2) is 50.8 Å². The Morgan fingerprint density at radius 1 is 0.462 bits per heavy atom. The molecular formula is C47H55N3O2. The Bertz CT molecular complexity index is 1570. The summed E-state index contributed by atoms with van der Waals surface area (Å²) in [5, 5.41) is 0. The zero-order valence-electron chi connectivity index (χ0n) is 31.4. The molecule has 0 N–H and O–H groups in total. The topological polar surface area (TPSA) is 53.5 Å². The van der Waals surface area contributed by atoms with E-state index in [2.05, 4.69) is 130 Å². The molecule has 0 radical (unpaired) electrons.